The highest BCUT2D eigenvalue weighted by atomic mass is 19.1. The molecule has 0 radical (unpaired) electrons. The number of benzene rings is 2. The molecule has 0 bridgehead atoms. The summed E-state index contributed by atoms with van der Waals surface area (Å²) in [5.74, 6) is -0.246. The Balaban J connectivity index is 2.01. The van der Waals surface area contributed by atoms with Crippen molar-refractivity contribution in [2.75, 3.05) is 6.61 Å². The second-order valence-corrected chi connectivity index (χ2v) is 6.05. The number of hydrogen-bond donors (Lipinski definition) is 1. The van der Waals surface area contributed by atoms with E-state index in [-0.39, 0.29) is 17.8 Å². The van der Waals surface area contributed by atoms with E-state index in [1.807, 2.05) is 17.7 Å². The molecule has 120 valence electrons. The number of aromatic nitrogens is 2. The summed E-state index contributed by atoms with van der Waals surface area (Å²) in [7, 11) is 0. The van der Waals surface area contributed by atoms with E-state index in [9.17, 15) is 9.50 Å². The minimum absolute atomic E-state index is 0.0937. The minimum Gasteiger partial charge on any atom is -0.507 e. The van der Waals surface area contributed by atoms with Crippen molar-refractivity contribution in [3.8, 4) is 5.75 Å². The van der Waals surface area contributed by atoms with Crippen LogP contribution in [-0.2, 0) is 11.2 Å². The van der Waals surface area contributed by atoms with Gasteiger partial charge in [0.05, 0.1) is 16.6 Å². The van der Waals surface area contributed by atoms with Gasteiger partial charge in [-0.2, -0.15) is 5.10 Å². The predicted octanol–water partition coefficient (Wildman–Crippen LogP) is 4.30. The highest BCUT2D eigenvalue weighted by molar-refractivity contribution is 6.05. The van der Waals surface area contributed by atoms with Crippen LogP contribution in [0.4, 0.5) is 4.39 Å². The van der Waals surface area contributed by atoms with Gasteiger partial charge < -0.3 is 9.84 Å². The number of aromatic hydroxyl groups is 1. The molecule has 1 aliphatic heterocycles. The largest absolute Gasteiger partial charge is 0.507 e. The number of rotatable bonds is 2. The molecular formula is C18H19FN2O2. The quantitative estimate of drug-likeness (QED) is 0.767. The summed E-state index contributed by atoms with van der Waals surface area (Å²) in [6.07, 6.45) is 3.71. The molecule has 0 aliphatic carbocycles. The summed E-state index contributed by atoms with van der Waals surface area (Å²) < 4.78 is 21.3. The summed E-state index contributed by atoms with van der Waals surface area (Å²) in [6, 6.07) is 6.44. The van der Waals surface area contributed by atoms with Crippen molar-refractivity contribution in [2.45, 2.75) is 38.8 Å². The number of hydrogen-bond acceptors (Lipinski definition) is 3. The van der Waals surface area contributed by atoms with Crippen molar-refractivity contribution in [2.24, 2.45) is 0 Å². The predicted molar refractivity (Wildman–Crippen MR) is 87.1 cm³/mol. The van der Waals surface area contributed by atoms with Crippen LogP contribution in [0.15, 0.2) is 24.3 Å². The average molecular weight is 314 g/mol. The standard InChI is InChI=1S/C18H19FN2O2/c1-2-14-17-15(21(20-14)16-5-3-4-8-23-16)9-11-6-7-12(19)10-13(11)18(17)22/h6-7,9-10,16,22H,2-5,8H2,1H3. The first-order chi connectivity index (χ1) is 11.2. The van der Waals surface area contributed by atoms with E-state index in [0.717, 1.165) is 42.5 Å². The third-order valence-corrected chi connectivity index (χ3v) is 4.58. The molecule has 23 heavy (non-hydrogen) atoms. The molecule has 1 N–H and O–H groups in total. The lowest BCUT2D eigenvalue weighted by atomic mass is 10.0. The molecule has 4 nitrogen and oxygen atoms in total. The van der Waals surface area contributed by atoms with Crippen molar-refractivity contribution >= 4 is 21.7 Å². The van der Waals surface area contributed by atoms with E-state index in [1.54, 1.807) is 6.07 Å². The number of phenols is 1. The first-order valence-corrected chi connectivity index (χ1v) is 8.13. The van der Waals surface area contributed by atoms with E-state index in [1.165, 1.54) is 12.1 Å². The Labute approximate surface area is 133 Å². The fourth-order valence-corrected chi connectivity index (χ4v) is 3.42. The summed E-state index contributed by atoms with van der Waals surface area (Å²) >= 11 is 0. The van der Waals surface area contributed by atoms with Gasteiger partial charge in [-0.1, -0.05) is 13.0 Å². The smallest absolute Gasteiger partial charge is 0.150 e. The maximum absolute atomic E-state index is 13.5. The molecule has 0 amide bonds. The van der Waals surface area contributed by atoms with E-state index in [4.69, 9.17) is 4.74 Å². The van der Waals surface area contributed by atoms with Crippen LogP contribution >= 0.6 is 0 Å². The number of nitrogens with zero attached hydrogens (tertiary/aromatic N) is 2. The monoisotopic (exact) mass is 314 g/mol. The molecule has 1 aromatic heterocycles. The molecule has 5 heteroatoms. The van der Waals surface area contributed by atoms with Gasteiger partial charge in [-0.15, -0.1) is 0 Å². The molecule has 2 heterocycles. The summed E-state index contributed by atoms with van der Waals surface area (Å²) in [5, 5.41) is 17.4. The van der Waals surface area contributed by atoms with Gasteiger partial charge in [0.15, 0.2) is 6.23 Å². The molecule has 0 saturated carbocycles. The van der Waals surface area contributed by atoms with E-state index >= 15 is 0 Å². The van der Waals surface area contributed by atoms with Crippen LogP contribution in [0.3, 0.4) is 0 Å². The lowest BCUT2D eigenvalue weighted by Crippen LogP contribution is -2.19. The Morgan fingerprint density at radius 1 is 1.35 bits per heavy atom. The van der Waals surface area contributed by atoms with Crippen molar-refractivity contribution in [3.05, 3.63) is 35.8 Å². The Bertz CT molecular complexity index is 882. The van der Waals surface area contributed by atoms with Crippen LogP contribution in [0.25, 0.3) is 21.7 Å². The first kappa shape index (κ1) is 14.5. The van der Waals surface area contributed by atoms with Gasteiger partial charge in [0.1, 0.15) is 11.6 Å². The zero-order valence-electron chi connectivity index (χ0n) is 13.1. The molecule has 1 saturated heterocycles. The molecule has 4 rings (SSSR count). The molecule has 3 aromatic rings. The number of phenolic OH excluding ortho intramolecular Hbond substituents is 1. The molecule has 1 atom stereocenters. The zero-order valence-corrected chi connectivity index (χ0v) is 13.1. The van der Waals surface area contributed by atoms with E-state index in [0.29, 0.717) is 17.2 Å². The molecule has 1 unspecified atom stereocenters. The topological polar surface area (TPSA) is 47.3 Å². The Kier molecular flexibility index (Phi) is 3.45. The highest BCUT2D eigenvalue weighted by Gasteiger charge is 2.23. The number of ether oxygens (including phenoxy) is 1. The summed E-state index contributed by atoms with van der Waals surface area (Å²) in [6.45, 7) is 2.74. The normalized spacial score (nSPS) is 18.8. The van der Waals surface area contributed by atoms with Gasteiger partial charge in [0, 0.05) is 12.0 Å². The van der Waals surface area contributed by atoms with Crippen molar-refractivity contribution < 1.29 is 14.2 Å². The second kappa shape index (κ2) is 5.49. The number of halogens is 1. The van der Waals surface area contributed by atoms with Crippen molar-refractivity contribution in [1.82, 2.24) is 9.78 Å². The van der Waals surface area contributed by atoms with Crippen LogP contribution in [0, 0.1) is 5.82 Å². The van der Waals surface area contributed by atoms with Gasteiger partial charge in [0.2, 0.25) is 0 Å². The maximum Gasteiger partial charge on any atom is 0.150 e. The summed E-state index contributed by atoms with van der Waals surface area (Å²) in [4.78, 5) is 0. The maximum atomic E-state index is 13.5. The highest BCUT2D eigenvalue weighted by Crippen LogP contribution is 2.38. The third-order valence-electron chi connectivity index (χ3n) is 4.58. The van der Waals surface area contributed by atoms with Crippen LogP contribution in [-0.4, -0.2) is 21.5 Å². The Morgan fingerprint density at radius 3 is 2.96 bits per heavy atom. The van der Waals surface area contributed by atoms with Crippen LogP contribution in [0.1, 0.15) is 38.1 Å². The second-order valence-electron chi connectivity index (χ2n) is 6.05. The van der Waals surface area contributed by atoms with Gasteiger partial charge in [0.25, 0.3) is 0 Å². The van der Waals surface area contributed by atoms with Crippen molar-refractivity contribution in [3.63, 3.8) is 0 Å². The van der Waals surface area contributed by atoms with Gasteiger partial charge in [-0.25, -0.2) is 9.07 Å². The number of aryl methyl sites for hydroxylation is 1. The van der Waals surface area contributed by atoms with Gasteiger partial charge in [-0.3, -0.25) is 0 Å². The Hall–Kier alpha value is -2.14. The van der Waals surface area contributed by atoms with Gasteiger partial charge in [-0.05, 0) is 49.3 Å². The fourth-order valence-electron chi connectivity index (χ4n) is 3.42. The Morgan fingerprint density at radius 2 is 2.22 bits per heavy atom. The van der Waals surface area contributed by atoms with E-state index in [2.05, 4.69) is 5.10 Å². The lowest BCUT2D eigenvalue weighted by molar-refractivity contribution is -0.0368. The van der Waals surface area contributed by atoms with E-state index < -0.39 is 0 Å². The van der Waals surface area contributed by atoms with Crippen LogP contribution in [0.2, 0.25) is 0 Å². The van der Waals surface area contributed by atoms with Crippen LogP contribution in [0.5, 0.6) is 5.75 Å². The van der Waals surface area contributed by atoms with Crippen LogP contribution < -0.4 is 0 Å². The van der Waals surface area contributed by atoms with Gasteiger partial charge >= 0.3 is 0 Å². The minimum atomic E-state index is -0.354. The molecule has 2 aromatic carbocycles. The summed E-state index contributed by atoms with van der Waals surface area (Å²) in [5.41, 5.74) is 1.67. The average Bonchev–Trinajstić information content (AvgIpc) is 2.95. The molecule has 0 spiro atoms. The SMILES string of the molecule is CCc1nn(C2CCCCO2)c2cc3ccc(F)cc3c(O)c12. The van der Waals surface area contributed by atoms with Crippen molar-refractivity contribution in [1.29, 1.82) is 0 Å². The fraction of sp³-hybridized carbons (Fsp3) is 0.389. The first-order valence-electron chi connectivity index (χ1n) is 8.13. The third kappa shape index (κ3) is 2.27. The lowest BCUT2D eigenvalue weighted by Gasteiger charge is -2.23. The zero-order chi connectivity index (χ0) is 16.0. The molecule has 1 aliphatic rings. The molecule has 1 fully saturated rings. The molecular weight excluding hydrogens is 295 g/mol. The number of fused-ring (bicyclic) bond motifs is 2.